The second-order valence-corrected chi connectivity index (χ2v) is 8.52. The number of hydrogen-bond acceptors (Lipinski definition) is 1. The molecule has 0 N–H and O–H groups in total. The minimum Gasteiger partial charge on any atom is -0.369 e. The van der Waals surface area contributed by atoms with E-state index in [1.165, 1.54) is 50.5 Å². The zero-order chi connectivity index (χ0) is 18.4. The minimum atomic E-state index is -0.0243. The van der Waals surface area contributed by atoms with Gasteiger partial charge in [-0.05, 0) is 54.6 Å². The van der Waals surface area contributed by atoms with Gasteiger partial charge in [0.15, 0.2) is 0 Å². The fourth-order valence-corrected chi connectivity index (χ4v) is 4.05. The summed E-state index contributed by atoms with van der Waals surface area (Å²) >= 11 is 0. The number of para-hydroxylation sites is 1. The van der Waals surface area contributed by atoms with Crippen molar-refractivity contribution in [3.8, 4) is 0 Å². The molecule has 1 unspecified atom stereocenters. The number of rotatable bonds is 4. The van der Waals surface area contributed by atoms with E-state index in [0.717, 1.165) is 24.7 Å². The van der Waals surface area contributed by atoms with Crippen LogP contribution in [0.3, 0.4) is 0 Å². The van der Waals surface area contributed by atoms with Crippen molar-refractivity contribution in [3.05, 3.63) is 29.6 Å². The van der Waals surface area contributed by atoms with Crippen LogP contribution in [-0.2, 0) is 0 Å². The Morgan fingerprint density at radius 2 is 1.76 bits per heavy atom. The van der Waals surface area contributed by atoms with Crippen molar-refractivity contribution in [2.75, 3.05) is 18.0 Å². The lowest BCUT2D eigenvalue weighted by Crippen LogP contribution is -2.39. The lowest BCUT2D eigenvalue weighted by molar-refractivity contribution is 0.236. The second-order valence-electron chi connectivity index (χ2n) is 8.52. The van der Waals surface area contributed by atoms with Gasteiger partial charge in [0.2, 0.25) is 0 Å². The van der Waals surface area contributed by atoms with Crippen LogP contribution in [0, 0.1) is 17.2 Å². The SMILES string of the molecule is CCC.CCC1(C)CCN(c2c(F)cccc2C(C)C2CCC2)CC1. The van der Waals surface area contributed by atoms with Crippen LogP contribution in [0.25, 0.3) is 0 Å². The van der Waals surface area contributed by atoms with E-state index in [2.05, 4.69) is 45.6 Å². The van der Waals surface area contributed by atoms with Gasteiger partial charge in [0, 0.05) is 13.1 Å². The van der Waals surface area contributed by atoms with Gasteiger partial charge in [-0.2, -0.15) is 0 Å². The molecule has 1 nitrogen and oxygen atoms in total. The van der Waals surface area contributed by atoms with Crippen molar-refractivity contribution < 1.29 is 4.39 Å². The first-order valence-electron chi connectivity index (χ1n) is 10.5. The van der Waals surface area contributed by atoms with E-state index in [9.17, 15) is 4.39 Å². The monoisotopic (exact) mass is 347 g/mol. The summed E-state index contributed by atoms with van der Waals surface area (Å²) in [5.41, 5.74) is 2.59. The van der Waals surface area contributed by atoms with Gasteiger partial charge in [-0.15, -0.1) is 0 Å². The summed E-state index contributed by atoms with van der Waals surface area (Å²) in [5.74, 6) is 1.22. The van der Waals surface area contributed by atoms with E-state index in [-0.39, 0.29) is 5.82 Å². The maximum atomic E-state index is 14.6. The predicted molar refractivity (Wildman–Crippen MR) is 108 cm³/mol. The third-order valence-corrected chi connectivity index (χ3v) is 6.51. The number of nitrogens with zero attached hydrogens (tertiary/aromatic N) is 1. The maximum Gasteiger partial charge on any atom is 0.146 e. The smallest absolute Gasteiger partial charge is 0.146 e. The molecule has 1 aromatic carbocycles. The van der Waals surface area contributed by atoms with Crippen LogP contribution >= 0.6 is 0 Å². The van der Waals surface area contributed by atoms with Crippen LogP contribution < -0.4 is 4.90 Å². The maximum absolute atomic E-state index is 14.6. The van der Waals surface area contributed by atoms with Crippen LogP contribution in [0.4, 0.5) is 10.1 Å². The van der Waals surface area contributed by atoms with Gasteiger partial charge >= 0.3 is 0 Å². The Kier molecular flexibility index (Phi) is 7.34. The molecular weight excluding hydrogens is 309 g/mol. The van der Waals surface area contributed by atoms with E-state index >= 15 is 0 Å². The van der Waals surface area contributed by atoms with Gasteiger partial charge in [0.05, 0.1) is 5.69 Å². The molecule has 0 aromatic heterocycles. The highest BCUT2D eigenvalue weighted by Crippen LogP contribution is 2.44. The van der Waals surface area contributed by atoms with E-state index in [0.29, 0.717) is 11.3 Å². The van der Waals surface area contributed by atoms with Crippen molar-refractivity contribution in [2.24, 2.45) is 11.3 Å². The number of anilines is 1. The molecule has 1 saturated heterocycles. The lowest BCUT2D eigenvalue weighted by atomic mass is 9.73. The Morgan fingerprint density at radius 3 is 2.24 bits per heavy atom. The highest BCUT2D eigenvalue weighted by molar-refractivity contribution is 5.57. The van der Waals surface area contributed by atoms with E-state index in [4.69, 9.17) is 0 Å². The molecule has 25 heavy (non-hydrogen) atoms. The van der Waals surface area contributed by atoms with Crippen LogP contribution in [0.5, 0.6) is 0 Å². The van der Waals surface area contributed by atoms with Crippen molar-refractivity contribution in [1.29, 1.82) is 0 Å². The van der Waals surface area contributed by atoms with Crippen molar-refractivity contribution >= 4 is 5.69 Å². The van der Waals surface area contributed by atoms with Gasteiger partial charge < -0.3 is 4.90 Å². The second kappa shape index (κ2) is 9.05. The predicted octanol–water partition coefficient (Wildman–Crippen LogP) is 7.16. The number of hydrogen-bond donors (Lipinski definition) is 0. The van der Waals surface area contributed by atoms with Gasteiger partial charge in [-0.25, -0.2) is 4.39 Å². The van der Waals surface area contributed by atoms with Crippen molar-refractivity contribution in [2.45, 2.75) is 85.5 Å². The summed E-state index contributed by atoms with van der Waals surface area (Å²) in [5, 5.41) is 0. The largest absolute Gasteiger partial charge is 0.369 e. The standard InChI is InChI=1S/C20H30FN.C3H8/c1-4-20(3)11-13-22(14-12-20)19-17(9-6-10-18(19)21)15(2)16-7-5-8-16;1-3-2/h6,9-10,15-16H,4-5,7-8,11-14H2,1-3H3;3H2,1-2H3. The van der Waals surface area contributed by atoms with E-state index in [1.807, 2.05) is 6.07 Å². The molecule has 1 saturated carbocycles. The molecule has 142 valence electrons. The summed E-state index contributed by atoms with van der Waals surface area (Å²) < 4.78 is 14.6. The quantitative estimate of drug-likeness (QED) is 0.558. The highest BCUT2D eigenvalue weighted by atomic mass is 19.1. The van der Waals surface area contributed by atoms with Crippen LogP contribution in [0.15, 0.2) is 18.2 Å². The summed E-state index contributed by atoms with van der Waals surface area (Å²) in [7, 11) is 0. The summed E-state index contributed by atoms with van der Waals surface area (Å²) in [6.07, 6.45) is 8.79. The van der Waals surface area contributed by atoms with E-state index in [1.54, 1.807) is 6.07 Å². The molecule has 0 radical (unpaired) electrons. The average molecular weight is 348 g/mol. The molecule has 0 amide bonds. The molecule has 0 spiro atoms. The summed E-state index contributed by atoms with van der Waals surface area (Å²) in [4.78, 5) is 2.32. The first-order chi connectivity index (χ1) is 12.0. The third-order valence-electron chi connectivity index (χ3n) is 6.51. The van der Waals surface area contributed by atoms with Crippen LogP contribution in [0.1, 0.15) is 91.0 Å². The Hall–Kier alpha value is -1.05. The Balaban J connectivity index is 0.000000701. The Morgan fingerprint density at radius 1 is 1.16 bits per heavy atom. The first-order valence-corrected chi connectivity index (χ1v) is 10.5. The Bertz CT molecular complexity index is 527. The number of piperidine rings is 1. The summed E-state index contributed by atoms with van der Waals surface area (Å²) in [6, 6.07) is 5.69. The topological polar surface area (TPSA) is 3.24 Å². The van der Waals surface area contributed by atoms with Crippen molar-refractivity contribution in [1.82, 2.24) is 0 Å². The van der Waals surface area contributed by atoms with Gasteiger partial charge in [-0.1, -0.05) is 66.0 Å². The molecular formula is C23H38FN. The molecule has 1 aliphatic carbocycles. The van der Waals surface area contributed by atoms with E-state index < -0.39 is 0 Å². The molecule has 1 aromatic rings. The summed E-state index contributed by atoms with van der Waals surface area (Å²) in [6.45, 7) is 13.2. The highest BCUT2D eigenvalue weighted by Gasteiger charge is 2.32. The Labute approximate surface area is 155 Å². The van der Waals surface area contributed by atoms with Gasteiger partial charge in [-0.3, -0.25) is 0 Å². The molecule has 1 aliphatic heterocycles. The molecule has 2 aliphatic rings. The zero-order valence-electron chi connectivity index (χ0n) is 17.1. The molecule has 2 fully saturated rings. The number of halogens is 1. The molecule has 1 atom stereocenters. The molecule has 1 heterocycles. The average Bonchev–Trinajstić information content (AvgIpc) is 2.55. The van der Waals surface area contributed by atoms with Gasteiger partial charge in [0.1, 0.15) is 5.82 Å². The third kappa shape index (κ3) is 4.77. The molecule has 2 heteroatoms. The fraction of sp³-hybridized carbons (Fsp3) is 0.739. The first kappa shape index (κ1) is 20.3. The van der Waals surface area contributed by atoms with Gasteiger partial charge in [0.25, 0.3) is 0 Å². The van der Waals surface area contributed by atoms with Crippen LogP contribution in [0.2, 0.25) is 0 Å². The minimum absolute atomic E-state index is 0.0243. The normalized spacial score (nSPS) is 21.1. The number of benzene rings is 1. The molecule has 0 bridgehead atoms. The lowest BCUT2D eigenvalue weighted by Gasteiger charge is -2.42. The molecule has 3 rings (SSSR count). The fourth-order valence-electron chi connectivity index (χ4n) is 4.05. The zero-order valence-corrected chi connectivity index (χ0v) is 17.1. The van der Waals surface area contributed by atoms with Crippen molar-refractivity contribution in [3.63, 3.8) is 0 Å². The van der Waals surface area contributed by atoms with Crippen LogP contribution in [-0.4, -0.2) is 13.1 Å².